The van der Waals surface area contributed by atoms with Crippen molar-refractivity contribution in [3.05, 3.63) is 0 Å². The average Bonchev–Trinajstić information content (AvgIpc) is 2.69. The molecule has 1 heterocycles. The van der Waals surface area contributed by atoms with Gasteiger partial charge in [0.1, 0.15) is 0 Å². The first-order chi connectivity index (χ1) is 12.6. The van der Waals surface area contributed by atoms with Crippen molar-refractivity contribution in [1.29, 1.82) is 0 Å². The van der Waals surface area contributed by atoms with E-state index in [1.54, 1.807) is 0 Å². The Labute approximate surface area is 182 Å². The zero-order valence-corrected chi connectivity index (χ0v) is 20.7. The van der Waals surface area contributed by atoms with E-state index in [1.807, 2.05) is 0 Å². The van der Waals surface area contributed by atoms with Crippen LogP contribution in [0, 0.1) is 0 Å². The minimum Gasteiger partial charge on any atom is -1.00 e. The van der Waals surface area contributed by atoms with Crippen molar-refractivity contribution in [3.63, 3.8) is 0 Å². The maximum absolute atomic E-state index is 2.51. The molecule has 27 heavy (non-hydrogen) atoms. The maximum Gasteiger partial charge on any atom is 0.0914 e. The Morgan fingerprint density at radius 3 is 1.37 bits per heavy atom. The molecule has 0 bridgehead atoms. The third kappa shape index (κ3) is 14.9. The van der Waals surface area contributed by atoms with E-state index < -0.39 is 0 Å². The molecular formula is C23H50BrN3. The van der Waals surface area contributed by atoms with Crippen molar-refractivity contribution < 1.29 is 21.5 Å². The topological polar surface area (TPSA) is 6.48 Å². The lowest BCUT2D eigenvalue weighted by Crippen LogP contribution is -3.00. The molecule has 0 aromatic rings. The molecule has 4 heteroatoms. The van der Waals surface area contributed by atoms with E-state index in [2.05, 4.69) is 37.9 Å². The van der Waals surface area contributed by atoms with Crippen LogP contribution in [-0.2, 0) is 0 Å². The van der Waals surface area contributed by atoms with E-state index in [0.29, 0.717) is 0 Å². The molecule has 0 aromatic heterocycles. The zero-order valence-electron chi connectivity index (χ0n) is 19.2. The van der Waals surface area contributed by atoms with Gasteiger partial charge in [0.2, 0.25) is 0 Å². The summed E-state index contributed by atoms with van der Waals surface area (Å²) >= 11 is 0. The first kappa shape index (κ1) is 27.4. The van der Waals surface area contributed by atoms with Gasteiger partial charge in [0, 0.05) is 26.2 Å². The van der Waals surface area contributed by atoms with Gasteiger partial charge in [-0.15, -0.1) is 0 Å². The van der Waals surface area contributed by atoms with Gasteiger partial charge in [-0.2, -0.15) is 0 Å². The summed E-state index contributed by atoms with van der Waals surface area (Å²) < 4.78 is 1.27. The maximum atomic E-state index is 2.51. The van der Waals surface area contributed by atoms with Crippen LogP contribution in [0.15, 0.2) is 0 Å². The predicted octanol–water partition coefficient (Wildman–Crippen LogP) is 2.02. The summed E-state index contributed by atoms with van der Waals surface area (Å²) in [7, 11) is 7.06. The van der Waals surface area contributed by atoms with Crippen molar-refractivity contribution in [3.8, 4) is 0 Å². The fourth-order valence-electron chi connectivity index (χ4n) is 4.06. The van der Waals surface area contributed by atoms with Gasteiger partial charge in [0.25, 0.3) is 0 Å². The van der Waals surface area contributed by atoms with E-state index in [4.69, 9.17) is 0 Å². The SMILES string of the molecule is CCCCCCCCCCCCCC[N+]1(C)CCN(C)CCN(C)CC1.[Br-]. The van der Waals surface area contributed by atoms with Gasteiger partial charge in [0.15, 0.2) is 0 Å². The standard InChI is InChI=1S/C23H50N3.BrH/c1-5-6-7-8-9-10-11-12-13-14-15-16-21-26(4)22-19-24(2)17-18-25(3)20-23-26;/h5-23H2,1-4H3;1H/q+1;/p-1. The summed E-state index contributed by atoms with van der Waals surface area (Å²) in [5.74, 6) is 0. The van der Waals surface area contributed by atoms with Crippen LogP contribution in [-0.4, -0.2) is 81.2 Å². The van der Waals surface area contributed by atoms with Gasteiger partial charge in [-0.3, -0.25) is 9.80 Å². The molecule has 0 N–H and O–H groups in total. The number of rotatable bonds is 13. The Morgan fingerprint density at radius 2 is 0.963 bits per heavy atom. The zero-order chi connectivity index (χ0) is 19.1. The second kappa shape index (κ2) is 17.2. The number of halogens is 1. The Balaban J connectivity index is 0.00000676. The highest BCUT2D eigenvalue weighted by Gasteiger charge is 2.23. The molecule has 0 spiro atoms. The van der Waals surface area contributed by atoms with Crippen molar-refractivity contribution >= 4 is 0 Å². The number of hydrogen-bond donors (Lipinski definition) is 0. The molecule has 1 aliphatic rings. The second-order valence-corrected chi connectivity index (χ2v) is 9.29. The highest BCUT2D eigenvalue weighted by atomic mass is 79.9. The third-order valence-corrected chi connectivity index (χ3v) is 6.46. The monoisotopic (exact) mass is 447 g/mol. The van der Waals surface area contributed by atoms with Crippen LogP contribution >= 0.6 is 0 Å². The lowest BCUT2D eigenvalue weighted by Gasteiger charge is -2.35. The molecule has 0 aliphatic carbocycles. The number of nitrogens with zero attached hydrogens (tertiary/aromatic N) is 3. The van der Waals surface area contributed by atoms with Gasteiger partial charge in [0.05, 0.1) is 26.7 Å². The Morgan fingerprint density at radius 1 is 0.593 bits per heavy atom. The van der Waals surface area contributed by atoms with E-state index in [0.717, 1.165) is 0 Å². The smallest absolute Gasteiger partial charge is 0.0914 e. The number of unbranched alkanes of at least 4 members (excludes halogenated alkanes) is 11. The summed E-state index contributed by atoms with van der Waals surface area (Å²) in [5, 5.41) is 0. The van der Waals surface area contributed by atoms with Gasteiger partial charge in [-0.05, 0) is 26.9 Å². The third-order valence-electron chi connectivity index (χ3n) is 6.46. The largest absolute Gasteiger partial charge is 1.00 e. The average molecular weight is 449 g/mol. The Bertz CT molecular complexity index is 311. The lowest BCUT2D eigenvalue weighted by molar-refractivity contribution is -0.908. The molecule has 0 aromatic carbocycles. The van der Waals surface area contributed by atoms with E-state index >= 15 is 0 Å². The summed E-state index contributed by atoms with van der Waals surface area (Å²) in [6, 6.07) is 0. The van der Waals surface area contributed by atoms with Crippen LogP contribution in [0.1, 0.15) is 84.0 Å². The van der Waals surface area contributed by atoms with Crippen LogP contribution in [0.2, 0.25) is 0 Å². The van der Waals surface area contributed by atoms with Crippen molar-refractivity contribution in [2.75, 3.05) is 67.0 Å². The summed E-state index contributed by atoms with van der Waals surface area (Å²) in [4.78, 5) is 5.03. The molecular weight excluding hydrogens is 398 g/mol. The van der Waals surface area contributed by atoms with E-state index in [9.17, 15) is 0 Å². The van der Waals surface area contributed by atoms with Gasteiger partial charge < -0.3 is 21.5 Å². The second-order valence-electron chi connectivity index (χ2n) is 9.29. The first-order valence-corrected chi connectivity index (χ1v) is 11.8. The fraction of sp³-hybridized carbons (Fsp3) is 1.00. The normalized spacial score (nSPS) is 19.1. The van der Waals surface area contributed by atoms with E-state index in [1.165, 1.54) is 127 Å². The molecule has 1 saturated heterocycles. The number of quaternary nitrogens is 1. The molecule has 1 fully saturated rings. The highest BCUT2D eigenvalue weighted by Crippen LogP contribution is 2.14. The van der Waals surface area contributed by atoms with E-state index in [-0.39, 0.29) is 17.0 Å². The summed E-state index contributed by atoms with van der Waals surface area (Å²) in [6.07, 6.45) is 17.4. The first-order valence-electron chi connectivity index (χ1n) is 11.8. The minimum atomic E-state index is 0. The molecule has 1 aliphatic heterocycles. The number of hydrogen-bond acceptors (Lipinski definition) is 2. The number of likely N-dealkylation sites (N-methyl/N-ethyl adjacent to an activating group) is 3. The quantitative estimate of drug-likeness (QED) is 0.314. The van der Waals surface area contributed by atoms with Crippen LogP contribution in [0.4, 0.5) is 0 Å². The molecule has 0 unspecified atom stereocenters. The van der Waals surface area contributed by atoms with Gasteiger partial charge in [-0.25, -0.2) is 0 Å². The highest BCUT2D eigenvalue weighted by molar-refractivity contribution is 4.61. The van der Waals surface area contributed by atoms with Crippen molar-refractivity contribution in [2.45, 2.75) is 84.0 Å². The summed E-state index contributed by atoms with van der Waals surface area (Å²) in [6.45, 7) is 11.3. The van der Waals surface area contributed by atoms with Crippen LogP contribution in [0.5, 0.6) is 0 Å². The molecule has 0 saturated carbocycles. The van der Waals surface area contributed by atoms with Crippen LogP contribution < -0.4 is 17.0 Å². The molecule has 0 atom stereocenters. The van der Waals surface area contributed by atoms with Crippen LogP contribution in [0.25, 0.3) is 0 Å². The Kier molecular flexibility index (Phi) is 17.5. The fourth-order valence-corrected chi connectivity index (χ4v) is 4.06. The molecule has 0 amide bonds. The van der Waals surface area contributed by atoms with Crippen molar-refractivity contribution in [2.24, 2.45) is 0 Å². The summed E-state index contributed by atoms with van der Waals surface area (Å²) in [5.41, 5.74) is 0. The molecule has 3 nitrogen and oxygen atoms in total. The molecule has 1 rings (SSSR count). The van der Waals surface area contributed by atoms with Gasteiger partial charge in [-0.1, -0.05) is 71.1 Å². The molecule has 0 radical (unpaired) electrons. The predicted molar refractivity (Wildman–Crippen MR) is 117 cm³/mol. The van der Waals surface area contributed by atoms with Crippen LogP contribution in [0.3, 0.4) is 0 Å². The van der Waals surface area contributed by atoms with Crippen molar-refractivity contribution in [1.82, 2.24) is 9.80 Å². The minimum absolute atomic E-state index is 0. The Hall–Kier alpha value is 0.360. The molecule has 164 valence electrons. The van der Waals surface area contributed by atoms with Gasteiger partial charge >= 0.3 is 0 Å². The lowest BCUT2D eigenvalue weighted by atomic mass is 10.1.